The third-order valence-electron chi connectivity index (χ3n) is 0.813. The Kier molecular flexibility index (Phi) is 4.39. The second kappa shape index (κ2) is 4.22. The lowest BCUT2D eigenvalue weighted by Gasteiger charge is -1.98. The van der Waals surface area contributed by atoms with Crippen LogP contribution in [0.2, 0.25) is 0 Å². The normalized spacial score (nSPS) is 13.4. The lowest BCUT2D eigenvalue weighted by molar-refractivity contribution is 0.817. The fraction of sp³-hybridized carbons (Fsp3) is 0.667. The van der Waals surface area contributed by atoms with Crippen LogP contribution in [0, 0.1) is 0 Å². The molecule has 0 radical (unpaired) electrons. The van der Waals surface area contributed by atoms with E-state index in [-0.39, 0.29) is 5.38 Å². The molecule has 0 amide bonds. The first kappa shape index (κ1) is 8.32. The van der Waals surface area contributed by atoms with E-state index in [0.29, 0.717) is 5.03 Å². The van der Waals surface area contributed by atoms with Crippen molar-refractivity contribution in [2.75, 3.05) is 0 Å². The second-order valence-electron chi connectivity index (χ2n) is 1.84. The molecule has 1 unspecified atom stereocenters. The Morgan fingerprint density at radius 3 is 2.38 bits per heavy atom. The Morgan fingerprint density at radius 1 is 1.75 bits per heavy atom. The van der Waals surface area contributed by atoms with Crippen molar-refractivity contribution >= 4 is 23.2 Å². The van der Waals surface area contributed by atoms with E-state index in [4.69, 9.17) is 23.2 Å². The van der Waals surface area contributed by atoms with Gasteiger partial charge in [0.15, 0.2) is 0 Å². The summed E-state index contributed by atoms with van der Waals surface area (Å²) in [5, 5.41) is 0.906. The molecule has 0 saturated carbocycles. The molecule has 0 aliphatic carbocycles. The van der Waals surface area contributed by atoms with Gasteiger partial charge in [0.1, 0.15) is 0 Å². The maximum absolute atomic E-state index is 5.62. The third kappa shape index (κ3) is 6.32. The lowest BCUT2D eigenvalue weighted by Crippen LogP contribution is -1.88. The molecule has 0 rings (SSSR count). The molecule has 0 aromatic heterocycles. The summed E-state index contributed by atoms with van der Waals surface area (Å²) < 4.78 is 0. The summed E-state index contributed by atoms with van der Waals surface area (Å²) in [6, 6.07) is 0. The Morgan fingerprint density at radius 2 is 2.25 bits per heavy atom. The molecule has 0 saturated heterocycles. The largest absolute Gasteiger partial charge is 0.123 e. The molecular weight excluding hydrogens is 143 g/mol. The van der Waals surface area contributed by atoms with Crippen LogP contribution in [0.15, 0.2) is 11.6 Å². The molecule has 0 aliphatic rings. The topological polar surface area (TPSA) is 0 Å². The minimum Gasteiger partial charge on any atom is -0.123 e. The number of allylic oxidation sites excluding steroid dienone is 1. The van der Waals surface area contributed by atoms with Gasteiger partial charge in [-0.1, -0.05) is 18.2 Å². The van der Waals surface area contributed by atoms with Crippen LogP contribution in [0.5, 0.6) is 0 Å². The van der Waals surface area contributed by atoms with E-state index in [0.717, 1.165) is 12.8 Å². The molecule has 0 aromatic rings. The smallest absolute Gasteiger partial charge is 0.0311 e. The van der Waals surface area contributed by atoms with Gasteiger partial charge in [-0.3, -0.25) is 0 Å². The summed E-state index contributed by atoms with van der Waals surface area (Å²) in [5.41, 5.74) is 0. The van der Waals surface area contributed by atoms with Crippen molar-refractivity contribution in [2.24, 2.45) is 0 Å². The van der Waals surface area contributed by atoms with E-state index >= 15 is 0 Å². The van der Waals surface area contributed by atoms with Gasteiger partial charge in [-0.05, 0) is 19.8 Å². The van der Waals surface area contributed by atoms with Crippen LogP contribution < -0.4 is 0 Å². The van der Waals surface area contributed by atoms with E-state index in [1.54, 1.807) is 0 Å². The predicted molar refractivity (Wildman–Crippen MR) is 39.5 cm³/mol. The highest BCUT2D eigenvalue weighted by molar-refractivity contribution is 6.29. The van der Waals surface area contributed by atoms with Crippen molar-refractivity contribution in [1.82, 2.24) is 0 Å². The summed E-state index contributed by atoms with van der Waals surface area (Å²) >= 11 is 11.1. The minimum absolute atomic E-state index is 0.213. The van der Waals surface area contributed by atoms with Gasteiger partial charge >= 0.3 is 0 Å². The van der Waals surface area contributed by atoms with Crippen molar-refractivity contribution in [3.05, 3.63) is 11.6 Å². The first-order valence-electron chi connectivity index (χ1n) is 2.60. The molecule has 0 aromatic carbocycles. The van der Waals surface area contributed by atoms with Gasteiger partial charge in [0.2, 0.25) is 0 Å². The maximum atomic E-state index is 5.62. The van der Waals surface area contributed by atoms with Crippen LogP contribution in [-0.4, -0.2) is 5.38 Å². The first-order chi connectivity index (χ1) is 3.63. The zero-order chi connectivity index (χ0) is 6.57. The molecule has 48 valence electrons. The highest BCUT2D eigenvalue weighted by Crippen LogP contribution is 2.11. The van der Waals surface area contributed by atoms with Crippen LogP contribution in [0.4, 0.5) is 0 Å². The van der Waals surface area contributed by atoms with E-state index in [1.165, 1.54) is 0 Å². The van der Waals surface area contributed by atoms with Crippen molar-refractivity contribution in [1.29, 1.82) is 0 Å². The van der Waals surface area contributed by atoms with Crippen molar-refractivity contribution in [3.63, 3.8) is 0 Å². The predicted octanol–water partition coefficient (Wildman–Crippen LogP) is 3.15. The highest BCUT2D eigenvalue weighted by atomic mass is 35.5. The molecular formula is C6H10Cl2. The summed E-state index contributed by atoms with van der Waals surface area (Å²) in [4.78, 5) is 0. The Labute approximate surface area is 60.5 Å². The Balaban J connectivity index is 3.05. The fourth-order valence-electron chi connectivity index (χ4n) is 0.356. The van der Waals surface area contributed by atoms with Crippen molar-refractivity contribution < 1.29 is 0 Å². The molecule has 0 N–H and O–H groups in total. The average Bonchev–Trinajstić information content (AvgIpc) is 1.61. The molecule has 1 atom stereocenters. The average molecular weight is 153 g/mol. The van der Waals surface area contributed by atoms with E-state index in [2.05, 4.69) is 6.58 Å². The molecule has 0 nitrogen and oxygen atoms in total. The lowest BCUT2D eigenvalue weighted by atomic mass is 10.2. The molecule has 0 bridgehead atoms. The zero-order valence-corrected chi connectivity index (χ0v) is 6.47. The minimum atomic E-state index is 0.213. The third-order valence-corrected chi connectivity index (χ3v) is 1.22. The summed E-state index contributed by atoms with van der Waals surface area (Å²) in [7, 11) is 0. The SMILES string of the molecule is C=C(Cl)CCC(C)Cl. The molecule has 8 heavy (non-hydrogen) atoms. The van der Waals surface area contributed by atoms with Crippen LogP contribution in [0.1, 0.15) is 19.8 Å². The molecule has 0 fully saturated rings. The van der Waals surface area contributed by atoms with Crippen LogP contribution >= 0.6 is 23.2 Å². The maximum Gasteiger partial charge on any atom is 0.0311 e. The molecule has 2 heteroatoms. The zero-order valence-electron chi connectivity index (χ0n) is 4.95. The van der Waals surface area contributed by atoms with Gasteiger partial charge in [0.05, 0.1) is 0 Å². The summed E-state index contributed by atoms with van der Waals surface area (Å²) in [6.45, 7) is 5.48. The van der Waals surface area contributed by atoms with E-state index < -0.39 is 0 Å². The van der Waals surface area contributed by atoms with Gasteiger partial charge in [-0.25, -0.2) is 0 Å². The van der Waals surface area contributed by atoms with Gasteiger partial charge in [-0.15, -0.1) is 11.6 Å². The van der Waals surface area contributed by atoms with E-state index in [1.807, 2.05) is 6.92 Å². The second-order valence-corrected chi connectivity index (χ2v) is 3.12. The van der Waals surface area contributed by atoms with Crippen LogP contribution in [0.25, 0.3) is 0 Å². The number of halogens is 2. The number of alkyl halides is 1. The number of hydrogen-bond acceptors (Lipinski definition) is 0. The van der Waals surface area contributed by atoms with Gasteiger partial charge in [0, 0.05) is 10.4 Å². The Hall–Kier alpha value is 0.320. The van der Waals surface area contributed by atoms with Gasteiger partial charge in [-0.2, -0.15) is 0 Å². The molecule has 0 aliphatic heterocycles. The van der Waals surface area contributed by atoms with Gasteiger partial charge in [0.25, 0.3) is 0 Å². The van der Waals surface area contributed by atoms with Gasteiger partial charge < -0.3 is 0 Å². The quantitative estimate of drug-likeness (QED) is 0.546. The highest BCUT2D eigenvalue weighted by Gasteiger charge is 1.95. The van der Waals surface area contributed by atoms with Crippen LogP contribution in [0.3, 0.4) is 0 Å². The molecule has 0 spiro atoms. The Bertz CT molecular complexity index is 76.6. The fourth-order valence-corrected chi connectivity index (χ4v) is 0.574. The number of hydrogen-bond donors (Lipinski definition) is 0. The van der Waals surface area contributed by atoms with Crippen molar-refractivity contribution in [2.45, 2.75) is 25.1 Å². The summed E-state index contributed by atoms with van der Waals surface area (Å²) in [6.07, 6.45) is 1.75. The monoisotopic (exact) mass is 152 g/mol. The first-order valence-corrected chi connectivity index (χ1v) is 3.41. The number of rotatable bonds is 3. The molecule has 0 heterocycles. The summed E-state index contributed by atoms with van der Waals surface area (Å²) in [5.74, 6) is 0. The van der Waals surface area contributed by atoms with E-state index in [9.17, 15) is 0 Å². The standard InChI is InChI=1S/C6H10Cl2/c1-5(7)3-4-6(2)8/h6H,1,3-4H2,2H3. The van der Waals surface area contributed by atoms with Crippen molar-refractivity contribution in [3.8, 4) is 0 Å². The van der Waals surface area contributed by atoms with Crippen LogP contribution in [-0.2, 0) is 0 Å².